The molecule has 180 valence electrons. The van der Waals surface area contributed by atoms with Crippen molar-refractivity contribution in [1.82, 2.24) is 9.80 Å². The monoisotopic (exact) mass is 453 g/mol. The molecule has 6 N–H and O–H groups in total. The molecule has 1 saturated heterocycles. The zero-order chi connectivity index (χ0) is 23.7. The van der Waals surface area contributed by atoms with Crippen molar-refractivity contribution in [2.45, 2.75) is 50.5 Å². The number of β-amino-alcohol motifs (C(OH)–C–C–N with tert-alkyl or cyclic N) is 1. The normalized spacial score (nSPS) is 25.1. The van der Waals surface area contributed by atoms with E-state index in [4.69, 9.17) is 10.5 Å². The Kier molecular flexibility index (Phi) is 10.3. The van der Waals surface area contributed by atoms with Crippen LogP contribution in [0.2, 0.25) is 0 Å². The molecule has 1 aliphatic heterocycles. The molecule has 0 aliphatic carbocycles. The Morgan fingerprint density at radius 1 is 1.06 bits per heavy atom. The summed E-state index contributed by atoms with van der Waals surface area (Å²) < 4.78 is 5.37. The highest BCUT2D eigenvalue weighted by Gasteiger charge is 2.29. The van der Waals surface area contributed by atoms with E-state index >= 15 is 0 Å². The number of aliphatic hydroxyl groups excluding tert-OH is 3. The summed E-state index contributed by atoms with van der Waals surface area (Å²) in [5.41, 5.74) is 6.99. The maximum atomic E-state index is 13.0. The zero-order valence-corrected chi connectivity index (χ0v) is 18.5. The largest absolute Gasteiger partial charge is 0.508 e. The van der Waals surface area contributed by atoms with Gasteiger partial charge in [-0.2, -0.15) is 0 Å². The zero-order valence-electron chi connectivity index (χ0n) is 18.5. The molecule has 4 atom stereocenters. The second-order valence-electron chi connectivity index (χ2n) is 8.17. The standard InChI is InChI=1S/C22H35N3O7/c1-15(26)25-10-9-24(22(31)18(23)12-16-4-6-17(27)7-5-16)8-2-3-11-32-14-20(29)21(30)19(28)13-25/h4-7,18-21,27-30H,2-3,8-14,23H2,1H3/t18-,19-,20+,21+/m0/s1. The third-order valence-corrected chi connectivity index (χ3v) is 5.56. The molecule has 2 rings (SSSR count). The van der Waals surface area contributed by atoms with Gasteiger partial charge in [-0.1, -0.05) is 12.1 Å². The first-order valence-corrected chi connectivity index (χ1v) is 10.9. The molecule has 0 bridgehead atoms. The molecule has 1 aromatic carbocycles. The van der Waals surface area contributed by atoms with Gasteiger partial charge in [0.05, 0.1) is 12.6 Å². The second kappa shape index (κ2) is 12.7. The van der Waals surface area contributed by atoms with Gasteiger partial charge in [0.25, 0.3) is 0 Å². The maximum Gasteiger partial charge on any atom is 0.239 e. The fraction of sp³-hybridized carbons (Fsp3) is 0.636. The van der Waals surface area contributed by atoms with Crippen molar-refractivity contribution in [1.29, 1.82) is 0 Å². The predicted molar refractivity (Wildman–Crippen MR) is 117 cm³/mol. The van der Waals surface area contributed by atoms with E-state index in [0.29, 0.717) is 32.4 Å². The van der Waals surface area contributed by atoms with Gasteiger partial charge in [-0.3, -0.25) is 9.59 Å². The number of ether oxygens (including phenoxy) is 1. The van der Waals surface area contributed by atoms with Crippen molar-refractivity contribution in [2.24, 2.45) is 5.73 Å². The van der Waals surface area contributed by atoms with Crippen LogP contribution in [0.15, 0.2) is 24.3 Å². The Labute approximate surface area is 188 Å². The van der Waals surface area contributed by atoms with Crippen LogP contribution >= 0.6 is 0 Å². The van der Waals surface area contributed by atoms with E-state index in [9.17, 15) is 30.0 Å². The highest BCUT2D eigenvalue weighted by atomic mass is 16.5. The molecule has 32 heavy (non-hydrogen) atoms. The molecule has 1 aromatic rings. The first-order chi connectivity index (χ1) is 15.2. The van der Waals surface area contributed by atoms with Crippen LogP contribution in [0.25, 0.3) is 0 Å². The van der Waals surface area contributed by atoms with Crippen LogP contribution in [-0.4, -0.2) is 106 Å². The fourth-order valence-corrected chi connectivity index (χ4v) is 3.56. The van der Waals surface area contributed by atoms with E-state index in [1.54, 1.807) is 17.0 Å². The van der Waals surface area contributed by atoms with E-state index in [1.807, 2.05) is 0 Å². The average molecular weight is 454 g/mol. The summed E-state index contributed by atoms with van der Waals surface area (Å²) in [6.45, 7) is 2.14. The summed E-state index contributed by atoms with van der Waals surface area (Å²) in [5, 5.41) is 39.7. The molecule has 1 aliphatic rings. The smallest absolute Gasteiger partial charge is 0.239 e. The molecule has 0 spiro atoms. The molecule has 0 radical (unpaired) electrons. The van der Waals surface area contributed by atoms with E-state index in [1.165, 1.54) is 24.0 Å². The third-order valence-electron chi connectivity index (χ3n) is 5.56. The molecular weight excluding hydrogens is 418 g/mol. The molecule has 10 heteroatoms. The first kappa shape index (κ1) is 26.0. The number of nitrogens with zero attached hydrogens (tertiary/aromatic N) is 2. The first-order valence-electron chi connectivity index (χ1n) is 10.9. The maximum absolute atomic E-state index is 13.0. The van der Waals surface area contributed by atoms with E-state index in [-0.39, 0.29) is 43.8 Å². The van der Waals surface area contributed by atoms with Crippen molar-refractivity contribution in [3.05, 3.63) is 29.8 Å². The highest BCUT2D eigenvalue weighted by molar-refractivity contribution is 5.82. The minimum absolute atomic E-state index is 0.134. The SMILES string of the molecule is CC(=O)N1CCN(C(=O)[C@@H](N)Cc2ccc(O)cc2)CCCCOC[C@@H](O)[C@H](O)[C@@H](O)C1. The van der Waals surface area contributed by atoms with Gasteiger partial charge < -0.3 is 40.7 Å². The van der Waals surface area contributed by atoms with Crippen molar-refractivity contribution in [3.63, 3.8) is 0 Å². The minimum atomic E-state index is -1.46. The van der Waals surface area contributed by atoms with Crippen LogP contribution in [0, 0.1) is 0 Å². The number of benzene rings is 1. The molecule has 10 nitrogen and oxygen atoms in total. The highest BCUT2D eigenvalue weighted by Crippen LogP contribution is 2.13. The number of aromatic hydroxyl groups is 1. The van der Waals surface area contributed by atoms with Crippen LogP contribution in [0.1, 0.15) is 25.3 Å². The van der Waals surface area contributed by atoms with Crippen LogP contribution in [-0.2, 0) is 20.7 Å². The van der Waals surface area contributed by atoms with Gasteiger partial charge in [0.1, 0.15) is 24.1 Å². The van der Waals surface area contributed by atoms with E-state index < -0.39 is 24.4 Å². The topological polar surface area (TPSA) is 157 Å². The van der Waals surface area contributed by atoms with Gasteiger partial charge in [0.15, 0.2) is 0 Å². The minimum Gasteiger partial charge on any atom is -0.508 e. The Bertz CT molecular complexity index is 731. The number of phenols is 1. The van der Waals surface area contributed by atoms with Crippen molar-refractivity contribution in [2.75, 3.05) is 39.4 Å². The van der Waals surface area contributed by atoms with E-state index in [2.05, 4.69) is 0 Å². The number of hydrogen-bond acceptors (Lipinski definition) is 8. The van der Waals surface area contributed by atoms with Gasteiger partial charge in [-0.15, -0.1) is 0 Å². The quantitative estimate of drug-likeness (QED) is 0.383. The summed E-state index contributed by atoms with van der Waals surface area (Å²) in [7, 11) is 0. The predicted octanol–water partition coefficient (Wildman–Crippen LogP) is -1.17. The summed E-state index contributed by atoms with van der Waals surface area (Å²) in [5.74, 6) is -0.449. The third kappa shape index (κ3) is 8.03. The van der Waals surface area contributed by atoms with Gasteiger partial charge >= 0.3 is 0 Å². The van der Waals surface area contributed by atoms with Crippen LogP contribution in [0.5, 0.6) is 5.75 Å². The van der Waals surface area contributed by atoms with Crippen LogP contribution < -0.4 is 5.73 Å². The Balaban J connectivity index is 2.08. The van der Waals surface area contributed by atoms with Gasteiger partial charge in [0, 0.05) is 39.7 Å². The van der Waals surface area contributed by atoms with E-state index in [0.717, 1.165) is 5.56 Å². The van der Waals surface area contributed by atoms with Gasteiger partial charge in [-0.25, -0.2) is 0 Å². The van der Waals surface area contributed by atoms with Crippen molar-refractivity contribution in [3.8, 4) is 5.75 Å². The number of aliphatic hydroxyl groups is 3. The molecule has 0 unspecified atom stereocenters. The number of amides is 2. The fourth-order valence-electron chi connectivity index (χ4n) is 3.56. The molecular formula is C22H35N3O7. The van der Waals surface area contributed by atoms with Crippen LogP contribution in [0.4, 0.5) is 0 Å². The molecule has 0 aromatic heterocycles. The number of carbonyl (C=O) groups excluding carboxylic acids is 2. The lowest BCUT2D eigenvalue weighted by molar-refractivity contribution is -0.138. The number of nitrogens with two attached hydrogens (primary N) is 1. The second-order valence-corrected chi connectivity index (χ2v) is 8.17. The molecule has 2 amide bonds. The molecule has 1 heterocycles. The summed E-state index contributed by atoms with van der Waals surface area (Å²) in [6.07, 6.45) is -2.52. The van der Waals surface area contributed by atoms with Gasteiger partial charge in [0.2, 0.25) is 11.8 Å². The Hall–Kier alpha value is -2.24. The molecule has 1 fully saturated rings. The van der Waals surface area contributed by atoms with Gasteiger partial charge in [-0.05, 0) is 37.0 Å². The number of hydrogen-bond donors (Lipinski definition) is 5. The van der Waals surface area contributed by atoms with Crippen LogP contribution in [0.3, 0.4) is 0 Å². The Morgan fingerprint density at radius 2 is 1.72 bits per heavy atom. The number of phenolic OH excluding ortho intramolecular Hbond substituents is 1. The number of rotatable bonds is 3. The lowest BCUT2D eigenvalue weighted by Crippen LogP contribution is -2.51. The summed E-state index contributed by atoms with van der Waals surface area (Å²) >= 11 is 0. The lowest BCUT2D eigenvalue weighted by atomic mass is 10.0. The summed E-state index contributed by atoms with van der Waals surface area (Å²) in [4.78, 5) is 28.0. The van der Waals surface area contributed by atoms with Crippen molar-refractivity contribution < 1.29 is 34.8 Å². The van der Waals surface area contributed by atoms with Crippen molar-refractivity contribution >= 4 is 11.8 Å². The molecule has 0 saturated carbocycles. The Morgan fingerprint density at radius 3 is 2.38 bits per heavy atom. The lowest BCUT2D eigenvalue weighted by Gasteiger charge is -2.32. The summed E-state index contributed by atoms with van der Waals surface area (Å²) in [6, 6.07) is 5.71. The average Bonchev–Trinajstić information content (AvgIpc) is 2.76. The number of carbonyl (C=O) groups is 2.